The summed E-state index contributed by atoms with van der Waals surface area (Å²) >= 11 is 0. The molecular weight excluding hydrogens is 294 g/mol. The predicted octanol–water partition coefficient (Wildman–Crippen LogP) is 0.822. The van der Waals surface area contributed by atoms with E-state index in [0.29, 0.717) is 5.39 Å². The molecule has 0 aliphatic carbocycles. The molecule has 6 nitrogen and oxygen atoms in total. The van der Waals surface area contributed by atoms with Crippen LogP contribution >= 0.6 is 0 Å². The van der Waals surface area contributed by atoms with Crippen LogP contribution in [0.2, 0.25) is 0 Å². The quantitative estimate of drug-likeness (QED) is 0.777. The number of hydrogen-bond acceptors (Lipinski definition) is 4. The molecule has 0 unspecified atom stereocenters. The third kappa shape index (κ3) is 2.27. The normalized spacial score (nSPS) is 16.3. The number of pyridine rings is 1. The van der Waals surface area contributed by atoms with E-state index >= 15 is 0 Å². The molecule has 1 fully saturated rings. The van der Waals surface area contributed by atoms with Gasteiger partial charge in [-0.25, -0.2) is 0 Å². The molecule has 6 heteroatoms. The van der Waals surface area contributed by atoms with Crippen molar-refractivity contribution in [1.29, 1.82) is 0 Å². The van der Waals surface area contributed by atoms with Crippen molar-refractivity contribution in [2.24, 2.45) is 5.73 Å². The van der Waals surface area contributed by atoms with E-state index in [1.165, 1.54) is 0 Å². The summed E-state index contributed by atoms with van der Waals surface area (Å²) in [6, 6.07) is 5.61. The molecule has 0 bridgehead atoms. The van der Waals surface area contributed by atoms with Crippen LogP contribution in [0.1, 0.15) is 15.9 Å². The Morgan fingerprint density at radius 1 is 1.17 bits per heavy atom. The summed E-state index contributed by atoms with van der Waals surface area (Å²) in [5, 5.41) is 1.58. The van der Waals surface area contributed by atoms with Crippen LogP contribution in [0.15, 0.2) is 35.4 Å². The van der Waals surface area contributed by atoms with E-state index < -0.39 is 5.91 Å². The first-order valence-corrected chi connectivity index (χ1v) is 7.64. The number of hydrogen-bond donors (Lipinski definition) is 1. The molecule has 1 saturated heterocycles. The number of rotatable bonds is 3. The van der Waals surface area contributed by atoms with Crippen molar-refractivity contribution < 1.29 is 9.53 Å². The molecule has 118 valence electrons. The molecule has 0 radical (unpaired) electrons. The van der Waals surface area contributed by atoms with Crippen molar-refractivity contribution in [3.8, 4) is 0 Å². The fraction of sp³-hybridized carbons (Fsp3) is 0.294. The topological polar surface area (TPSA) is 77.0 Å². The van der Waals surface area contributed by atoms with Gasteiger partial charge in [0.2, 0.25) is 5.43 Å². The van der Waals surface area contributed by atoms with E-state index in [1.807, 2.05) is 22.7 Å². The Labute approximate surface area is 132 Å². The molecule has 1 aliphatic rings. The highest BCUT2D eigenvalue weighted by molar-refractivity contribution is 6.02. The number of carbonyl (C=O) groups is 1. The second kappa shape index (κ2) is 5.33. The summed E-state index contributed by atoms with van der Waals surface area (Å²) in [5.41, 5.74) is 7.05. The molecule has 1 aromatic carbocycles. The molecule has 2 N–H and O–H groups in total. The highest BCUT2D eigenvalue weighted by Gasteiger charge is 2.18. The van der Waals surface area contributed by atoms with Gasteiger partial charge >= 0.3 is 0 Å². The second-order valence-electron chi connectivity index (χ2n) is 5.89. The zero-order valence-corrected chi connectivity index (χ0v) is 12.6. The molecule has 0 saturated carbocycles. The number of ether oxygens (including phenoxy) is 1. The predicted molar refractivity (Wildman–Crippen MR) is 87.0 cm³/mol. The van der Waals surface area contributed by atoms with Gasteiger partial charge in [-0.1, -0.05) is 12.1 Å². The third-order valence-electron chi connectivity index (χ3n) is 4.46. The Bertz CT molecular complexity index is 941. The number of amides is 1. The van der Waals surface area contributed by atoms with Gasteiger partial charge in [-0.15, -0.1) is 0 Å². The zero-order valence-electron chi connectivity index (χ0n) is 12.6. The van der Waals surface area contributed by atoms with Crippen LogP contribution in [-0.2, 0) is 11.3 Å². The number of aromatic nitrogens is 1. The van der Waals surface area contributed by atoms with Gasteiger partial charge in [-0.3, -0.25) is 14.5 Å². The Balaban J connectivity index is 1.89. The monoisotopic (exact) mass is 311 g/mol. The van der Waals surface area contributed by atoms with Crippen molar-refractivity contribution >= 4 is 22.2 Å². The third-order valence-corrected chi connectivity index (χ3v) is 4.46. The van der Waals surface area contributed by atoms with Crippen molar-refractivity contribution in [2.75, 3.05) is 26.3 Å². The lowest BCUT2D eigenvalue weighted by atomic mass is 10.1. The Morgan fingerprint density at radius 2 is 1.91 bits per heavy atom. The lowest BCUT2D eigenvalue weighted by Crippen LogP contribution is -2.35. The zero-order chi connectivity index (χ0) is 16.0. The average molecular weight is 311 g/mol. The highest BCUT2D eigenvalue weighted by Crippen LogP contribution is 2.26. The van der Waals surface area contributed by atoms with Crippen molar-refractivity contribution in [3.05, 3.63) is 51.9 Å². The minimum Gasteiger partial charge on any atom is -0.379 e. The van der Waals surface area contributed by atoms with Gasteiger partial charge in [0.15, 0.2) is 0 Å². The maximum Gasteiger partial charge on any atom is 0.254 e. The van der Waals surface area contributed by atoms with Gasteiger partial charge < -0.3 is 14.9 Å². The smallest absolute Gasteiger partial charge is 0.254 e. The van der Waals surface area contributed by atoms with E-state index in [4.69, 9.17) is 10.5 Å². The summed E-state index contributed by atoms with van der Waals surface area (Å²) in [6.07, 6.45) is 3.53. The van der Waals surface area contributed by atoms with Gasteiger partial charge in [0, 0.05) is 42.8 Å². The standard InChI is InChI=1S/C17H17N3O3/c18-17(22)14-10-20-9-11(8-19-4-6-23-7-5-19)12-2-1-3-13(15(12)20)16(14)21/h1-3,9-10H,4-8H2,(H2,18,22). The number of morpholine rings is 1. The first-order valence-electron chi connectivity index (χ1n) is 7.64. The molecular formula is C17H17N3O3. The van der Waals surface area contributed by atoms with Crippen LogP contribution in [0.5, 0.6) is 0 Å². The van der Waals surface area contributed by atoms with Crippen LogP contribution < -0.4 is 11.2 Å². The SMILES string of the molecule is NC(=O)c1cn2cc(CN3CCOCC3)c3cccc(c1=O)c32. The highest BCUT2D eigenvalue weighted by atomic mass is 16.5. The van der Waals surface area contributed by atoms with Gasteiger partial charge in [-0.2, -0.15) is 0 Å². The maximum atomic E-state index is 12.4. The summed E-state index contributed by atoms with van der Waals surface area (Å²) in [5.74, 6) is -0.693. The van der Waals surface area contributed by atoms with E-state index in [2.05, 4.69) is 4.90 Å². The molecule has 0 atom stereocenters. The van der Waals surface area contributed by atoms with Gasteiger partial charge in [0.1, 0.15) is 5.56 Å². The van der Waals surface area contributed by atoms with Gasteiger partial charge in [0.25, 0.3) is 5.91 Å². The lowest BCUT2D eigenvalue weighted by Gasteiger charge is -2.26. The van der Waals surface area contributed by atoms with E-state index in [0.717, 1.165) is 49.3 Å². The minimum atomic E-state index is -0.693. The van der Waals surface area contributed by atoms with Crippen molar-refractivity contribution in [2.45, 2.75) is 6.54 Å². The largest absolute Gasteiger partial charge is 0.379 e. The first kappa shape index (κ1) is 14.2. The fourth-order valence-electron chi connectivity index (χ4n) is 3.31. The molecule has 0 spiro atoms. The minimum absolute atomic E-state index is 0.0264. The number of primary amides is 1. The van der Waals surface area contributed by atoms with Crippen LogP contribution in [0.4, 0.5) is 0 Å². The molecule has 4 rings (SSSR count). The van der Waals surface area contributed by atoms with Gasteiger partial charge in [0.05, 0.1) is 18.7 Å². The molecule has 23 heavy (non-hydrogen) atoms. The van der Waals surface area contributed by atoms with Gasteiger partial charge in [-0.05, 0) is 11.6 Å². The summed E-state index contributed by atoms with van der Waals surface area (Å²) in [7, 11) is 0. The molecule has 1 aliphatic heterocycles. The van der Waals surface area contributed by atoms with E-state index in [1.54, 1.807) is 12.3 Å². The van der Waals surface area contributed by atoms with Crippen LogP contribution in [0.25, 0.3) is 16.3 Å². The summed E-state index contributed by atoms with van der Waals surface area (Å²) < 4.78 is 7.23. The molecule has 1 amide bonds. The van der Waals surface area contributed by atoms with Crippen LogP contribution in [-0.4, -0.2) is 41.5 Å². The second-order valence-corrected chi connectivity index (χ2v) is 5.89. The number of carbonyl (C=O) groups excluding carboxylic acids is 1. The van der Waals surface area contributed by atoms with E-state index in [9.17, 15) is 9.59 Å². The maximum absolute atomic E-state index is 12.4. The van der Waals surface area contributed by atoms with E-state index in [-0.39, 0.29) is 11.0 Å². The number of nitrogens with two attached hydrogens (primary N) is 1. The number of benzene rings is 1. The molecule has 3 aromatic rings. The van der Waals surface area contributed by atoms with Crippen molar-refractivity contribution in [3.63, 3.8) is 0 Å². The summed E-state index contributed by atoms with van der Waals surface area (Å²) in [4.78, 5) is 26.3. The average Bonchev–Trinajstić information content (AvgIpc) is 2.90. The fourth-order valence-corrected chi connectivity index (χ4v) is 3.31. The Kier molecular flexibility index (Phi) is 3.28. The summed E-state index contributed by atoms with van der Waals surface area (Å²) in [6.45, 7) is 4.08. The number of para-hydroxylation sites is 1. The Hall–Kier alpha value is -2.44. The first-order chi connectivity index (χ1) is 11.1. The van der Waals surface area contributed by atoms with Crippen LogP contribution in [0, 0.1) is 0 Å². The molecule has 3 heterocycles. The van der Waals surface area contributed by atoms with Crippen LogP contribution in [0.3, 0.4) is 0 Å². The molecule has 2 aromatic heterocycles. The van der Waals surface area contributed by atoms with Crippen molar-refractivity contribution in [1.82, 2.24) is 9.30 Å². The Morgan fingerprint density at radius 3 is 2.65 bits per heavy atom. The lowest BCUT2D eigenvalue weighted by molar-refractivity contribution is 0.0343. The number of nitrogens with zero attached hydrogens (tertiary/aromatic N) is 2.